The summed E-state index contributed by atoms with van der Waals surface area (Å²) in [6.45, 7) is 2.05. The van der Waals surface area contributed by atoms with Crippen molar-refractivity contribution in [3.63, 3.8) is 0 Å². The molecule has 0 spiro atoms. The minimum Gasteiger partial charge on any atom is -0.381 e. The molecule has 1 atom stereocenters. The molecular weight excluding hydrogens is 426 g/mol. The van der Waals surface area contributed by atoms with Crippen LogP contribution in [0.1, 0.15) is 24.8 Å². The molecule has 2 aromatic heterocycles. The van der Waals surface area contributed by atoms with Gasteiger partial charge in [-0.25, -0.2) is 15.0 Å². The van der Waals surface area contributed by atoms with Gasteiger partial charge in [-0.3, -0.25) is 4.79 Å². The van der Waals surface area contributed by atoms with Gasteiger partial charge in [0, 0.05) is 56.4 Å². The highest BCUT2D eigenvalue weighted by atomic mass is 32.1. The molecule has 2 N–H and O–H groups in total. The van der Waals surface area contributed by atoms with Gasteiger partial charge in [-0.2, -0.15) is 0 Å². The molecule has 5 rings (SSSR count). The molecule has 0 saturated carbocycles. The number of likely N-dealkylation sites (N-methyl/N-ethyl adjacent to an activating group) is 1. The maximum Gasteiger partial charge on any atom is 0.258 e. The number of anilines is 1. The summed E-state index contributed by atoms with van der Waals surface area (Å²) in [6.07, 6.45) is 4.00. The molecule has 0 bridgehead atoms. The number of nitrogens with zero attached hydrogens (tertiary/aromatic N) is 4. The van der Waals surface area contributed by atoms with Crippen molar-refractivity contribution < 1.29 is 14.6 Å². The van der Waals surface area contributed by atoms with Crippen molar-refractivity contribution >= 4 is 23.2 Å². The monoisotopic (exact) mass is 451 g/mol. The number of thiazole rings is 1. The Hall–Kier alpha value is -2.88. The first-order chi connectivity index (χ1) is 15.5. The van der Waals surface area contributed by atoms with E-state index < -0.39 is 5.60 Å². The highest BCUT2D eigenvalue weighted by Crippen LogP contribution is 2.36. The van der Waals surface area contributed by atoms with Gasteiger partial charge in [0.1, 0.15) is 10.7 Å². The molecule has 32 heavy (non-hydrogen) atoms. The SMILES string of the molecule is CN1CCC(O)(c2cccc(-c3nc(-c4ccnc(NC5CCOCC5)n4)cs3)c2)C1=O. The molecule has 4 heterocycles. The number of aliphatic hydroxyl groups is 1. The van der Waals surface area contributed by atoms with Crippen molar-refractivity contribution in [2.75, 3.05) is 32.1 Å². The smallest absolute Gasteiger partial charge is 0.258 e. The Bertz CT molecular complexity index is 1130. The molecule has 1 unspecified atom stereocenters. The Labute approximate surface area is 190 Å². The summed E-state index contributed by atoms with van der Waals surface area (Å²) >= 11 is 1.51. The molecule has 0 aliphatic carbocycles. The Morgan fingerprint density at radius 2 is 2.06 bits per heavy atom. The number of benzene rings is 1. The fraction of sp³-hybridized carbons (Fsp3) is 0.391. The van der Waals surface area contributed by atoms with E-state index in [1.54, 1.807) is 24.2 Å². The third-order valence-corrected chi connectivity index (χ3v) is 6.96. The van der Waals surface area contributed by atoms with E-state index in [0.29, 0.717) is 30.5 Å². The normalized spacial score (nSPS) is 21.8. The summed E-state index contributed by atoms with van der Waals surface area (Å²) in [7, 11) is 1.71. The second kappa shape index (κ2) is 8.57. The van der Waals surface area contributed by atoms with E-state index in [2.05, 4.69) is 15.3 Å². The Morgan fingerprint density at radius 3 is 2.84 bits per heavy atom. The zero-order chi connectivity index (χ0) is 22.1. The fourth-order valence-electron chi connectivity index (χ4n) is 4.15. The van der Waals surface area contributed by atoms with Gasteiger partial charge < -0.3 is 20.1 Å². The molecule has 2 saturated heterocycles. The average molecular weight is 452 g/mol. The quantitative estimate of drug-likeness (QED) is 0.615. The molecule has 3 aromatic rings. The van der Waals surface area contributed by atoms with Crippen molar-refractivity contribution in [1.29, 1.82) is 0 Å². The van der Waals surface area contributed by atoms with Gasteiger partial charge in [-0.15, -0.1) is 11.3 Å². The van der Waals surface area contributed by atoms with Crippen LogP contribution >= 0.6 is 11.3 Å². The number of carbonyl (C=O) groups excluding carboxylic acids is 1. The van der Waals surface area contributed by atoms with E-state index in [1.165, 1.54) is 11.3 Å². The zero-order valence-electron chi connectivity index (χ0n) is 17.8. The number of rotatable bonds is 5. The highest BCUT2D eigenvalue weighted by Gasteiger charge is 2.45. The van der Waals surface area contributed by atoms with E-state index in [9.17, 15) is 9.90 Å². The van der Waals surface area contributed by atoms with E-state index >= 15 is 0 Å². The standard InChI is InChI=1S/C23H25N5O3S/c1-28-10-8-23(30,21(28)29)16-4-2-3-15(13-16)20-26-19(14-32-20)18-5-9-24-22(27-18)25-17-6-11-31-12-7-17/h2-5,9,13-14,17,30H,6-8,10-12H2,1H3,(H,24,25,27). The summed E-state index contributed by atoms with van der Waals surface area (Å²) in [4.78, 5) is 27.8. The van der Waals surface area contributed by atoms with Crippen LogP contribution in [0.3, 0.4) is 0 Å². The number of carbonyl (C=O) groups is 1. The van der Waals surface area contributed by atoms with Crippen molar-refractivity contribution in [1.82, 2.24) is 19.9 Å². The lowest BCUT2D eigenvalue weighted by Gasteiger charge is -2.23. The van der Waals surface area contributed by atoms with Gasteiger partial charge in [0.2, 0.25) is 5.95 Å². The number of hydrogen-bond donors (Lipinski definition) is 2. The largest absolute Gasteiger partial charge is 0.381 e. The predicted octanol–water partition coefficient (Wildman–Crippen LogP) is 2.91. The van der Waals surface area contributed by atoms with Crippen LogP contribution in [0.4, 0.5) is 5.95 Å². The molecule has 2 aliphatic heterocycles. The number of likely N-dealkylation sites (tertiary alicyclic amines) is 1. The Balaban J connectivity index is 1.38. The van der Waals surface area contributed by atoms with Gasteiger partial charge in [-0.1, -0.05) is 18.2 Å². The number of nitrogens with one attached hydrogen (secondary N) is 1. The van der Waals surface area contributed by atoms with Crippen molar-refractivity contribution in [2.45, 2.75) is 30.9 Å². The summed E-state index contributed by atoms with van der Waals surface area (Å²) in [6, 6.07) is 9.62. The van der Waals surface area contributed by atoms with Crippen molar-refractivity contribution in [3.8, 4) is 22.0 Å². The van der Waals surface area contributed by atoms with E-state index in [0.717, 1.165) is 48.0 Å². The second-order valence-electron chi connectivity index (χ2n) is 8.25. The zero-order valence-corrected chi connectivity index (χ0v) is 18.6. The van der Waals surface area contributed by atoms with Crippen LogP contribution in [0.2, 0.25) is 0 Å². The van der Waals surface area contributed by atoms with Gasteiger partial charge in [0.15, 0.2) is 5.60 Å². The van der Waals surface area contributed by atoms with Crippen LogP contribution in [0, 0.1) is 0 Å². The van der Waals surface area contributed by atoms with Crippen LogP contribution in [-0.4, -0.2) is 63.7 Å². The lowest BCUT2D eigenvalue weighted by Crippen LogP contribution is -2.36. The third-order valence-electron chi connectivity index (χ3n) is 6.07. The summed E-state index contributed by atoms with van der Waals surface area (Å²) < 4.78 is 5.41. The minimum atomic E-state index is -1.47. The minimum absolute atomic E-state index is 0.264. The number of amides is 1. The molecule has 2 fully saturated rings. The van der Waals surface area contributed by atoms with Gasteiger partial charge in [0.05, 0.1) is 5.69 Å². The number of hydrogen-bond acceptors (Lipinski definition) is 8. The second-order valence-corrected chi connectivity index (χ2v) is 9.11. The molecular formula is C23H25N5O3S. The van der Waals surface area contributed by atoms with E-state index in [-0.39, 0.29) is 5.91 Å². The molecule has 0 radical (unpaired) electrons. The number of aromatic nitrogens is 3. The third kappa shape index (κ3) is 3.99. The first-order valence-corrected chi connectivity index (χ1v) is 11.6. The average Bonchev–Trinajstić information content (AvgIpc) is 3.42. The van der Waals surface area contributed by atoms with E-state index in [1.807, 2.05) is 29.6 Å². The fourth-order valence-corrected chi connectivity index (χ4v) is 4.96. The van der Waals surface area contributed by atoms with Crippen LogP contribution < -0.4 is 5.32 Å². The topological polar surface area (TPSA) is 100 Å². The summed E-state index contributed by atoms with van der Waals surface area (Å²) in [5, 5.41) is 17.1. The molecule has 8 nitrogen and oxygen atoms in total. The first kappa shape index (κ1) is 21.0. The Morgan fingerprint density at radius 1 is 1.22 bits per heavy atom. The van der Waals surface area contributed by atoms with Crippen LogP contribution in [0.15, 0.2) is 41.9 Å². The van der Waals surface area contributed by atoms with Crippen molar-refractivity contribution in [2.24, 2.45) is 0 Å². The van der Waals surface area contributed by atoms with E-state index in [4.69, 9.17) is 9.72 Å². The van der Waals surface area contributed by atoms with Crippen LogP contribution in [-0.2, 0) is 15.1 Å². The predicted molar refractivity (Wildman–Crippen MR) is 122 cm³/mol. The van der Waals surface area contributed by atoms with Gasteiger partial charge >= 0.3 is 0 Å². The van der Waals surface area contributed by atoms with Gasteiger partial charge in [-0.05, 0) is 30.5 Å². The Kier molecular flexibility index (Phi) is 5.62. The summed E-state index contributed by atoms with van der Waals surface area (Å²) in [5.41, 5.74) is 1.51. The van der Waals surface area contributed by atoms with Gasteiger partial charge in [0.25, 0.3) is 5.91 Å². The molecule has 9 heteroatoms. The summed E-state index contributed by atoms with van der Waals surface area (Å²) in [5.74, 6) is 0.331. The van der Waals surface area contributed by atoms with Crippen LogP contribution in [0.25, 0.3) is 22.0 Å². The lowest BCUT2D eigenvalue weighted by molar-refractivity contribution is -0.143. The molecule has 1 amide bonds. The lowest BCUT2D eigenvalue weighted by atomic mass is 9.91. The maximum absolute atomic E-state index is 12.5. The highest BCUT2D eigenvalue weighted by molar-refractivity contribution is 7.13. The van der Waals surface area contributed by atoms with Crippen molar-refractivity contribution in [3.05, 3.63) is 47.5 Å². The molecule has 1 aromatic carbocycles. The molecule has 166 valence electrons. The van der Waals surface area contributed by atoms with Crippen LogP contribution in [0.5, 0.6) is 0 Å². The maximum atomic E-state index is 12.5. The first-order valence-electron chi connectivity index (χ1n) is 10.7. The number of ether oxygens (including phenoxy) is 1. The molecule has 2 aliphatic rings.